The number of carbonyl (C=O) groups is 7. The molecule has 2 fully saturated rings. The molecule has 5 aromatic carbocycles. The van der Waals surface area contributed by atoms with E-state index in [2.05, 4.69) is 103 Å². The Hall–Kier alpha value is -11.3. The number of imidazole rings is 1. The minimum Gasteiger partial charge on any atom is -0.440 e. The van der Waals surface area contributed by atoms with E-state index in [0.717, 1.165) is 55.2 Å². The molecule has 552 valence electrons. The predicted molar refractivity (Wildman–Crippen MR) is 415 cm³/mol. The highest BCUT2D eigenvalue weighted by Crippen LogP contribution is 2.40. The number of hydrogen-bond donors (Lipinski definition) is 4. The second-order valence-electron chi connectivity index (χ2n) is 32.2. The van der Waals surface area contributed by atoms with Gasteiger partial charge in [-0.15, -0.1) is 0 Å². The number of rotatable bonds is 22. The summed E-state index contributed by atoms with van der Waals surface area (Å²) < 4.78 is 6.65. The molecule has 5 unspecified atom stereocenters. The molecular formula is C87H96N12O8. The summed E-state index contributed by atoms with van der Waals surface area (Å²) in [5, 5.41) is 9.83. The number of aromatic amines is 1. The minimum atomic E-state index is -1.30. The molecule has 107 heavy (non-hydrogen) atoms. The maximum absolute atomic E-state index is 15.9. The number of pyridine rings is 3. The number of nitrogens with one attached hydrogen (secondary N) is 4. The Morgan fingerprint density at radius 2 is 1.00 bits per heavy atom. The highest BCUT2D eigenvalue weighted by atomic mass is 16.3. The van der Waals surface area contributed by atoms with Crippen molar-refractivity contribution in [1.29, 1.82) is 0 Å². The van der Waals surface area contributed by atoms with Gasteiger partial charge >= 0.3 is 0 Å². The molecule has 2 saturated carbocycles. The number of benzene rings is 5. The third kappa shape index (κ3) is 17.7. The van der Waals surface area contributed by atoms with Crippen LogP contribution in [0, 0.1) is 0 Å². The number of amides is 6. The predicted octanol–water partition coefficient (Wildman–Crippen LogP) is 15.8. The van der Waals surface area contributed by atoms with E-state index in [-0.39, 0.29) is 57.5 Å². The van der Waals surface area contributed by atoms with Crippen LogP contribution in [0.3, 0.4) is 0 Å². The molecule has 0 spiro atoms. The lowest BCUT2D eigenvalue weighted by molar-refractivity contribution is -0.126. The number of anilines is 3. The average Bonchev–Trinajstić information content (AvgIpc) is 1.57. The van der Waals surface area contributed by atoms with E-state index < -0.39 is 64.9 Å². The first kappa shape index (κ1) is 75.4. The number of nitrogens with zero attached hydrogens (tertiary/aromatic N) is 8. The molecular weight excluding hydrogens is 1340 g/mol. The zero-order valence-corrected chi connectivity index (χ0v) is 62.9. The largest absolute Gasteiger partial charge is 0.440 e. The summed E-state index contributed by atoms with van der Waals surface area (Å²) >= 11 is 0. The summed E-state index contributed by atoms with van der Waals surface area (Å²) in [6.07, 6.45) is 19.9. The van der Waals surface area contributed by atoms with Crippen LogP contribution in [0.4, 0.5) is 17.1 Å². The van der Waals surface area contributed by atoms with E-state index >= 15 is 24.0 Å². The third-order valence-electron chi connectivity index (χ3n) is 20.4. The van der Waals surface area contributed by atoms with Crippen molar-refractivity contribution in [2.45, 2.75) is 198 Å². The van der Waals surface area contributed by atoms with Gasteiger partial charge in [-0.3, -0.25) is 63.2 Å². The maximum Gasteiger partial charge on any atom is 0.300 e. The molecule has 4 N–H and O–H groups in total. The van der Waals surface area contributed by atoms with Gasteiger partial charge in [-0.2, -0.15) is 0 Å². The van der Waals surface area contributed by atoms with Crippen LogP contribution in [0.2, 0.25) is 0 Å². The van der Waals surface area contributed by atoms with Gasteiger partial charge in [0.05, 0.1) is 6.33 Å². The van der Waals surface area contributed by atoms with Crippen LogP contribution in [0.25, 0.3) is 11.1 Å². The molecule has 10 aromatic rings. The first-order valence-corrected chi connectivity index (χ1v) is 37.1. The van der Waals surface area contributed by atoms with Crippen molar-refractivity contribution in [3.8, 4) is 0 Å². The van der Waals surface area contributed by atoms with Crippen molar-refractivity contribution in [2.75, 3.05) is 14.7 Å². The number of Topliss-reactive ketones (excluding diaryl/α,β-unsaturated/α-hetero) is 1. The molecule has 5 atom stereocenters. The fourth-order valence-electron chi connectivity index (χ4n) is 14.6. The molecule has 0 radical (unpaired) electrons. The SMILES string of the molecule is CC(C)(Cc1cccc(C(=O)C(=O)N(c2ccc(C(C)(C)C)cc2)C(C(=O)NC2CCCCC2)c2cccnc2)c1)NC(=O)C(c1cccnc1)N(C(=O)c1ccc2nc(C3CCCC(NC(=O)C(c4cccnc4)N(C(=O)c4c[nH]cn4)c4ccc(C(C)(C)C)cc4)C3)oc2c1)c1ccc(C(C)(C)C)cc1. The van der Waals surface area contributed by atoms with Crippen LogP contribution >= 0.6 is 0 Å². The van der Waals surface area contributed by atoms with Crippen molar-refractivity contribution in [3.05, 3.63) is 263 Å². The number of fused-ring (bicyclic) bond motifs is 1. The van der Waals surface area contributed by atoms with Crippen LogP contribution in [-0.4, -0.2) is 88.8 Å². The lowest BCUT2D eigenvalue weighted by Crippen LogP contribution is -2.51. The van der Waals surface area contributed by atoms with Gasteiger partial charge < -0.3 is 25.4 Å². The number of ketones is 1. The first-order chi connectivity index (χ1) is 51.1. The monoisotopic (exact) mass is 1440 g/mol. The van der Waals surface area contributed by atoms with E-state index in [1.807, 2.05) is 80.6 Å². The second kappa shape index (κ2) is 31.8. The Labute approximate surface area is 626 Å². The number of aromatic nitrogens is 6. The fraction of sp³-hybridized carbons (Fsp3) is 0.356. The molecule has 2 aliphatic carbocycles. The summed E-state index contributed by atoms with van der Waals surface area (Å²) in [7, 11) is 0. The molecule has 12 rings (SSSR count). The summed E-state index contributed by atoms with van der Waals surface area (Å²) in [4.78, 5) is 136. The van der Waals surface area contributed by atoms with Gasteiger partial charge in [-0.1, -0.05) is 161 Å². The van der Waals surface area contributed by atoms with E-state index in [4.69, 9.17) is 9.40 Å². The summed E-state index contributed by atoms with van der Waals surface area (Å²) in [5.41, 5.74) is 5.99. The number of carbonyl (C=O) groups excluding carboxylic acids is 7. The Kier molecular flexibility index (Phi) is 22.4. The molecule has 2 aliphatic rings. The van der Waals surface area contributed by atoms with Gasteiger partial charge in [0.1, 0.15) is 29.3 Å². The van der Waals surface area contributed by atoms with Gasteiger partial charge in [0.2, 0.25) is 17.7 Å². The average molecular weight is 1440 g/mol. The van der Waals surface area contributed by atoms with Gasteiger partial charge in [0, 0.05) is 112 Å². The summed E-state index contributed by atoms with van der Waals surface area (Å²) in [5.74, 6) is -3.87. The van der Waals surface area contributed by atoms with Crippen molar-refractivity contribution in [1.82, 2.24) is 45.9 Å². The summed E-state index contributed by atoms with van der Waals surface area (Å²) in [6.45, 7) is 22.6. The van der Waals surface area contributed by atoms with E-state index in [0.29, 0.717) is 75.6 Å². The van der Waals surface area contributed by atoms with E-state index in [1.54, 1.807) is 122 Å². The zero-order valence-electron chi connectivity index (χ0n) is 62.9. The highest BCUT2D eigenvalue weighted by Gasteiger charge is 2.42. The van der Waals surface area contributed by atoms with Crippen molar-refractivity contribution in [3.63, 3.8) is 0 Å². The quantitative estimate of drug-likeness (QED) is 0.0364. The molecule has 0 aliphatic heterocycles. The van der Waals surface area contributed by atoms with Crippen LogP contribution in [0.1, 0.15) is 234 Å². The topological polar surface area (TPSA) is 259 Å². The zero-order chi connectivity index (χ0) is 76.0. The molecule has 5 aromatic heterocycles. The Morgan fingerprint density at radius 3 is 1.50 bits per heavy atom. The third-order valence-corrected chi connectivity index (χ3v) is 20.4. The smallest absolute Gasteiger partial charge is 0.300 e. The normalized spacial score (nSPS) is 16.0. The first-order valence-electron chi connectivity index (χ1n) is 37.1. The fourth-order valence-corrected chi connectivity index (χ4v) is 14.6. The number of oxazole rings is 1. The molecule has 20 nitrogen and oxygen atoms in total. The molecule has 0 saturated heterocycles. The maximum atomic E-state index is 15.9. The summed E-state index contributed by atoms with van der Waals surface area (Å²) in [6, 6.07) is 40.8. The van der Waals surface area contributed by atoms with Gasteiger partial charge in [0.15, 0.2) is 11.5 Å². The van der Waals surface area contributed by atoms with E-state index in [1.165, 1.54) is 27.2 Å². The van der Waals surface area contributed by atoms with Crippen LogP contribution in [0.5, 0.6) is 0 Å². The number of H-pyrrole nitrogens is 1. The van der Waals surface area contributed by atoms with Crippen molar-refractivity contribution >= 4 is 69.4 Å². The Morgan fingerprint density at radius 1 is 0.505 bits per heavy atom. The molecule has 6 amide bonds. The highest BCUT2D eigenvalue weighted by molar-refractivity contribution is 6.47. The van der Waals surface area contributed by atoms with Crippen molar-refractivity contribution < 1.29 is 38.0 Å². The molecule has 0 bridgehead atoms. The standard InChI is InChI=1S/C87H96N12O8/c1-84(2,3)62-30-36-67(37-31-62)97(81(104)58-29-42-70-72(48-58)107-80(95-70)57-22-16-28-66(47-57)94-78(102)73(59-23-17-43-88-50-59)98(82(105)71-53-91-54-92-71)68-38-32-63(33-39-68)85(4,5)6)75(61-25-19-45-90-52-61)79(103)96-87(10,11)49-55-20-15-21-56(46-55)76(100)83(106)99(69-40-34-64(35-41-69)86(7,8)9)74(60-24-18-44-89-51-60)77(101)93-65-26-13-12-14-27-65/h15,17-21,23-25,29-46,48,50-54,57,65-66,73-75H,12-14,16,22,26-28,47,49H2,1-11H3,(H,91,92)(H,93,101)(H,94,102)(H,96,103). The lowest BCUT2D eigenvalue weighted by Gasteiger charge is -2.35. The Bertz CT molecular complexity index is 4790. The lowest BCUT2D eigenvalue weighted by atomic mass is 9.85. The second-order valence-corrected chi connectivity index (χ2v) is 32.2. The molecule has 20 heteroatoms. The van der Waals surface area contributed by atoms with Gasteiger partial charge in [-0.25, -0.2) is 9.97 Å². The van der Waals surface area contributed by atoms with Crippen LogP contribution < -0.4 is 30.7 Å². The van der Waals surface area contributed by atoms with Crippen LogP contribution in [0.15, 0.2) is 206 Å². The molecule has 5 heterocycles. The number of hydrogen-bond acceptors (Lipinski definition) is 13. The minimum absolute atomic E-state index is 0.0870. The van der Waals surface area contributed by atoms with Crippen molar-refractivity contribution in [2.24, 2.45) is 0 Å². The van der Waals surface area contributed by atoms with Crippen LogP contribution in [-0.2, 0) is 41.8 Å². The Balaban J connectivity index is 0.809. The van der Waals surface area contributed by atoms with Gasteiger partial charge in [-0.05, 0) is 170 Å². The van der Waals surface area contributed by atoms with E-state index in [9.17, 15) is 9.59 Å². The van der Waals surface area contributed by atoms with Gasteiger partial charge in [0.25, 0.3) is 23.5 Å².